The average molecular weight is 386 g/mol. The maximum atomic E-state index is 12.5. The van der Waals surface area contributed by atoms with Crippen molar-refractivity contribution in [1.82, 2.24) is 29.5 Å². The van der Waals surface area contributed by atoms with Gasteiger partial charge in [0, 0.05) is 56.7 Å². The molecular formula is C19H26N6O3. The molecule has 1 N–H and O–H groups in total. The van der Waals surface area contributed by atoms with Crippen LogP contribution in [0.2, 0.25) is 0 Å². The Morgan fingerprint density at radius 3 is 2.82 bits per heavy atom. The van der Waals surface area contributed by atoms with E-state index in [2.05, 4.69) is 20.2 Å². The third-order valence-electron chi connectivity index (χ3n) is 5.73. The number of imidazole rings is 1. The second-order valence-corrected chi connectivity index (χ2v) is 7.41. The van der Waals surface area contributed by atoms with Gasteiger partial charge in [0.1, 0.15) is 5.69 Å². The fourth-order valence-corrected chi connectivity index (χ4v) is 3.97. The van der Waals surface area contributed by atoms with Crippen molar-refractivity contribution in [2.75, 3.05) is 39.9 Å². The normalized spacial score (nSPS) is 23.2. The Morgan fingerprint density at radius 2 is 2.04 bits per heavy atom. The Bertz CT molecular complexity index is 814. The van der Waals surface area contributed by atoms with Gasteiger partial charge >= 0.3 is 0 Å². The molecule has 2 amide bonds. The van der Waals surface area contributed by atoms with Gasteiger partial charge in [-0.2, -0.15) is 0 Å². The highest BCUT2D eigenvalue weighted by Gasteiger charge is 2.33. The van der Waals surface area contributed by atoms with Crippen molar-refractivity contribution >= 4 is 17.6 Å². The zero-order valence-corrected chi connectivity index (χ0v) is 16.1. The van der Waals surface area contributed by atoms with Crippen LogP contribution in [0, 0.1) is 0 Å². The summed E-state index contributed by atoms with van der Waals surface area (Å²) in [6.07, 6.45) is 7.59. The number of fused-ring (bicyclic) bond motifs is 1. The monoisotopic (exact) mass is 386 g/mol. The summed E-state index contributed by atoms with van der Waals surface area (Å²) in [5, 5.41) is 2.97. The van der Waals surface area contributed by atoms with Crippen LogP contribution in [0.25, 0.3) is 5.78 Å². The molecule has 4 rings (SSSR count). The Kier molecular flexibility index (Phi) is 5.54. The average Bonchev–Trinajstić information content (AvgIpc) is 3.31. The van der Waals surface area contributed by atoms with Crippen molar-refractivity contribution in [3.05, 3.63) is 30.4 Å². The SMILES string of the molecule is CN1[C@@H](CC(=O)N2CCOCC2)CC[C@H]1CNC(=O)c1cn2cccnc2n1. The molecule has 0 aliphatic carbocycles. The van der Waals surface area contributed by atoms with Crippen LogP contribution in [0.3, 0.4) is 0 Å². The molecule has 28 heavy (non-hydrogen) atoms. The Morgan fingerprint density at radius 1 is 1.25 bits per heavy atom. The van der Waals surface area contributed by atoms with Crippen molar-refractivity contribution in [3.63, 3.8) is 0 Å². The lowest BCUT2D eigenvalue weighted by molar-refractivity contribution is -0.136. The van der Waals surface area contributed by atoms with E-state index in [9.17, 15) is 9.59 Å². The molecule has 2 aromatic rings. The molecule has 150 valence electrons. The summed E-state index contributed by atoms with van der Waals surface area (Å²) in [6.45, 7) is 3.16. The molecular weight excluding hydrogens is 360 g/mol. The van der Waals surface area contributed by atoms with E-state index in [1.54, 1.807) is 22.9 Å². The third-order valence-corrected chi connectivity index (χ3v) is 5.73. The minimum absolute atomic E-state index is 0.196. The molecule has 0 bridgehead atoms. The Labute approximate surface area is 163 Å². The largest absolute Gasteiger partial charge is 0.378 e. The quantitative estimate of drug-likeness (QED) is 0.788. The summed E-state index contributed by atoms with van der Waals surface area (Å²) in [7, 11) is 2.04. The standard InChI is InChI=1S/C19H26N6O3/c1-23-14(11-17(26)24-7-9-28-10-8-24)3-4-15(23)12-21-18(27)16-13-25-6-2-5-20-19(25)22-16/h2,5-6,13-15H,3-4,7-12H2,1H3,(H,21,27)/t14-,15+/m1/s1. The number of amides is 2. The number of hydrogen-bond donors (Lipinski definition) is 1. The number of morpholine rings is 1. The Balaban J connectivity index is 1.28. The first-order valence-corrected chi connectivity index (χ1v) is 9.77. The van der Waals surface area contributed by atoms with Crippen LogP contribution in [0.4, 0.5) is 0 Å². The molecule has 2 fully saturated rings. The van der Waals surface area contributed by atoms with Crippen molar-refractivity contribution in [2.24, 2.45) is 0 Å². The van der Waals surface area contributed by atoms with Gasteiger partial charge in [0.05, 0.1) is 13.2 Å². The molecule has 2 aromatic heterocycles. The first-order valence-electron chi connectivity index (χ1n) is 9.77. The van der Waals surface area contributed by atoms with Gasteiger partial charge in [0.25, 0.3) is 5.91 Å². The van der Waals surface area contributed by atoms with Gasteiger partial charge in [-0.05, 0) is 26.0 Å². The predicted octanol–water partition coefficient (Wildman–Crippen LogP) is 0.171. The number of nitrogens with one attached hydrogen (secondary N) is 1. The molecule has 0 saturated carbocycles. The zero-order valence-electron chi connectivity index (χ0n) is 16.1. The molecule has 9 heteroatoms. The van der Waals surface area contributed by atoms with Crippen LogP contribution in [0.1, 0.15) is 29.8 Å². The van der Waals surface area contributed by atoms with Gasteiger partial charge in [-0.15, -0.1) is 0 Å². The summed E-state index contributed by atoms with van der Waals surface area (Å²) in [6, 6.07) is 2.24. The van der Waals surface area contributed by atoms with Crippen molar-refractivity contribution in [1.29, 1.82) is 0 Å². The lowest BCUT2D eigenvalue weighted by Gasteiger charge is -2.30. The van der Waals surface area contributed by atoms with E-state index in [0.717, 1.165) is 12.8 Å². The van der Waals surface area contributed by atoms with E-state index >= 15 is 0 Å². The summed E-state index contributed by atoms with van der Waals surface area (Å²) < 4.78 is 7.04. The summed E-state index contributed by atoms with van der Waals surface area (Å²) in [4.78, 5) is 37.4. The lowest BCUT2D eigenvalue weighted by atomic mass is 10.1. The molecule has 0 unspecified atom stereocenters. The lowest BCUT2D eigenvalue weighted by Crippen LogP contribution is -2.45. The summed E-state index contributed by atoms with van der Waals surface area (Å²) in [5.41, 5.74) is 0.360. The van der Waals surface area contributed by atoms with Crippen LogP contribution in [0.5, 0.6) is 0 Å². The number of likely N-dealkylation sites (tertiary alicyclic amines) is 1. The molecule has 0 aromatic carbocycles. The number of aromatic nitrogens is 3. The molecule has 2 saturated heterocycles. The van der Waals surface area contributed by atoms with E-state index in [1.165, 1.54) is 0 Å². The Hall–Kier alpha value is -2.52. The minimum Gasteiger partial charge on any atom is -0.378 e. The highest BCUT2D eigenvalue weighted by molar-refractivity contribution is 5.92. The zero-order chi connectivity index (χ0) is 19.5. The molecule has 2 atom stereocenters. The number of carbonyl (C=O) groups is 2. The van der Waals surface area contributed by atoms with Crippen molar-refractivity contribution in [2.45, 2.75) is 31.3 Å². The van der Waals surface area contributed by atoms with E-state index in [0.29, 0.717) is 50.7 Å². The van der Waals surface area contributed by atoms with Gasteiger partial charge in [-0.3, -0.25) is 18.9 Å². The number of likely N-dealkylation sites (N-methyl/N-ethyl adjacent to an activating group) is 1. The first kappa shape index (κ1) is 18.8. The van der Waals surface area contributed by atoms with E-state index < -0.39 is 0 Å². The second-order valence-electron chi connectivity index (χ2n) is 7.41. The number of hydrogen-bond acceptors (Lipinski definition) is 6. The highest BCUT2D eigenvalue weighted by Crippen LogP contribution is 2.25. The number of rotatable bonds is 5. The number of ether oxygens (including phenoxy) is 1. The molecule has 0 radical (unpaired) electrons. The van der Waals surface area contributed by atoms with Gasteiger partial charge in [0.2, 0.25) is 11.7 Å². The van der Waals surface area contributed by atoms with Gasteiger partial charge in [-0.25, -0.2) is 9.97 Å². The summed E-state index contributed by atoms with van der Waals surface area (Å²) >= 11 is 0. The predicted molar refractivity (Wildman–Crippen MR) is 102 cm³/mol. The van der Waals surface area contributed by atoms with E-state index in [1.807, 2.05) is 18.1 Å². The minimum atomic E-state index is -0.202. The van der Waals surface area contributed by atoms with E-state index in [4.69, 9.17) is 4.74 Å². The van der Waals surface area contributed by atoms with Crippen LogP contribution in [-0.2, 0) is 9.53 Å². The molecule has 2 aliphatic heterocycles. The van der Waals surface area contributed by atoms with Gasteiger partial charge in [0.15, 0.2) is 0 Å². The fourth-order valence-electron chi connectivity index (χ4n) is 3.97. The summed E-state index contributed by atoms with van der Waals surface area (Å²) in [5.74, 6) is 0.501. The van der Waals surface area contributed by atoms with Crippen LogP contribution >= 0.6 is 0 Å². The molecule has 4 heterocycles. The molecule has 0 spiro atoms. The van der Waals surface area contributed by atoms with Crippen LogP contribution in [-0.4, -0.2) is 88.0 Å². The van der Waals surface area contributed by atoms with Gasteiger partial charge < -0.3 is 15.0 Å². The number of nitrogens with zero attached hydrogens (tertiary/aromatic N) is 5. The van der Waals surface area contributed by atoms with E-state index in [-0.39, 0.29) is 23.9 Å². The van der Waals surface area contributed by atoms with Gasteiger partial charge in [-0.1, -0.05) is 0 Å². The molecule has 2 aliphatic rings. The first-order chi connectivity index (χ1) is 13.6. The third kappa shape index (κ3) is 4.00. The van der Waals surface area contributed by atoms with Crippen LogP contribution in [0.15, 0.2) is 24.7 Å². The fraction of sp³-hybridized carbons (Fsp3) is 0.579. The maximum absolute atomic E-state index is 12.5. The number of carbonyl (C=O) groups excluding carboxylic acids is 2. The topological polar surface area (TPSA) is 92.1 Å². The highest BCUT2D eigenvalue weighted by atomic mass is 16.5. The molecule has 9 nitrogen and oxygen atoms in total. The van der Waals surface area contributed by atoms with Crippen molar-refractivity contribution in [3.8, 4) is 0 Å². The van der Waals surface area contributed by atoms with Crippen LogP contribution < -0.4 is 5.32 Å². The van der Waals surface area contributed by atoms with Crippen molar-refractivity contribution < 1.29 is 14.3 Å². The second kappa shape index (κ2) is 8.24. The smallest absolute Gasteiger partial charge is 0.271 e. The maximum Gasteiger partial charge on any atom is 0.271 e.